The first-order valence-electron chi connectivity index (χ1n) is 18.9. The number of rotatable bonds is 23. The van der Waals surface area contributed by atoms with Crippen LogP contribution in [0.1, 0.15) is 59.2 Å². The van der Waals surface area contributed by atoms with Crippen molar-refractivity contribution in [2.24, 2.45) is 0 Å². The molecule has 0 amide bonds. The van der Waals surface area contributed by atoms with E-state index in [2.05, 4.69) is 0 Å². The predicted octanol–water partition coefficient (Wildman–Crippen LogP) is -1.25. The van der Waals surface area contributed by atoms with Crippen molar-refractivity contribution >= 4 is 34.6 Å². The molecule has 0 unspecified atom stereocenters. The van der Waals surface area contributed by atoms with Gasteiger partial charge in [-0.25, -0.2) is 61.2 Å². The molecule has 324 valence electrons. The highest BCUT2D eigenvalue weighted by atomic mass is 16.5. The fourth-order valence-corrected chi connectivity index (χ4v) is 5.89. The van der Waals surface area contributed by atoms with Crippen molar-refractivity contribution < 1.29 is 48.0 Å². The number of benzene rings is 2. The summed E-state index contributed by atoms with van der Waals surface area (Å²) in [6.45, 7) is -2.83. The number of unbranched alkanes of at least 4 members (excludes halogenated alkanes) is 3. The Morgan fingerprint density at radius 2 is 0.983 bits per heavy atom. The average molecular weight is 843 g/mol. The number of H-pyrrole nitrogens is 1. The summed E-state index contributed by atoms with van der Waals surface area (Å²) in [6, 6.07) is 10.0. The zero-order valence-corrected chi connectivity index (χ0v) is 33.1. The van der Waals surface area contributed by atoms with E-state index in [9.17, 15) is 53.1 Å². The van der Waals surface area contributed by atoms with Gasteiger partial charge in [0.2, 0.25) is 0 Å². The molecule has 0 spiro atoms. The van der Waals surface area contributed by atoms with Crippen LogP contribution in [0.25, 0.3) is 10.8 Å². The minimum absolute atomic E-state index is 0.0249. The number of esters is 4. The van der Waals surface area contributed by atoms with E-state index >= 15 is 0 Å². The number of aliphatic hydroxyl groups excluding tert-OH is 1. The summed E-state index contributed by atoms with van der Waals surface area (Å²) >= 11 is 0. The zero-order valence-electron chi connectivity index (χ0n) is 33.1. The summed E-state index contributed by atoms with van der Waals surface area (Å²) in [7, 11) is 2.64. The van der Waals surface area contributed by atoms with E-state index in [1.54, 1.807) is 36.4 Å². The van der Waals surface area contributed by atoms with Crippen LogP contribution in [0.2, 0.25) is 0 Å². The third kappa shape index (κ3) is 12.2. The molecule has 0 atom stereocenters. The summed E-state index contributed by atoms with van der Waals surface area (Å²) in [5.74, 6) is -2.58. The number of hydrogen-bond donors (Lipinski definition) is 2. The summed E-state index contributed by atoms with van der Waals surface area (Å²) in [5.41, 5.74) is -5.46. The molecule has 0 fully saturated rings. The minimum atomic E-state index is -1.11. The van der Waals surface area contributed by atoms with Crippen LogP contribution in [-0.4, -0.2) is 104 Å². The summed E-state index contributed by atoms with van der Waals surface area (Å²) in [4.78, 5) is 127. The van der Waals surface area contributed by atoms with Crippen molar-refractivity contribution in [3.63, 3.8) is 0 Å². The molecular weight excluding hydrogens is 796 g/mol. The van der Waals surface area contributed by atoms with Gasteiger partial charge in [0, 0.05) is 20.2 Å². The number of aliphatic hydroxyl groups is 1. The van der Waals surface area contributed by atoms with Gasteiger partial charge < -0.3 is 28.8 Å². The van der Waals surface area contributed by atoms with E-state index in [0.717, 1.165) is 15.3 Å². The second kappa shape index (κ2) is 22.5. The van der Waals surface area contributed by atoms with Crippen LogP contribution in [0.5, 0.6) is 0 Å². The third-order valence-corrected chi connectivity index (χ3v) is 9.08. The van der Waals surface area contributed by atoms with Crippen LogP contribution in [0.15, 0.2) is 65.2 Å². The Bertz CT molecular complexity index is 2540. The number of methoxy groups -OCH3 is 2. The highest BCUT2D eigenvalue weighted by Crippen LogP contribution is 2.19. The number of aromatic nitrogens is 6. The monoisotopic (exact) mass is 842 g/mol. The summed E-state index contributed by atoms with van der Waals surface area (Å²) < 4.78 is 28.5. The van der Waals surface area contributed by atoms with Gasteiger partial charge in [-0.15, -0.1) is 0 Å². The van der Waals surface area contributed by atoms with E-state index in [1.807, 2.05) is 4.98 Å². The number of aromatic amines is 1. The molecule has 22 heteroatoms. The van der Waals surface area contributed by atoms with Crippen LogP contribution in [0.3, 0.4) is 0 Å². The third-order valence-electron chi connectivity index (χ3n) is 9.08. The molecular formula is C38H46N6O16. The quantitative estimate of drug-likeness (QED) is 0.0501. The molecule has 0 radical (unpaired) electrons. The molecule has 0 aliphatic heterocycles. The molecule has 2 N–H and O–H groups in total. The van der Waals surface area contributed by atoms with Gasteiger partial charge in [-0.3, -0.25) is 14.6 Å². The molecule has 2 aromatic carbocycles. The first-order chi connectivity index (χ1) is 28.8. The smallest absolute Gasteiger partial charge is 0.338 e. The molecule has 0 saturated heterocycles. The van der Waals surface area contributed by atoms with Crippen LogP contribution in [0.4, 0.5) is 0 Å². The van der Waals surface area contributed by atoms with Gasteiger partial charge in [0.1, 0.15) is 6.61 Å². The first-order valence-corrected chi connectivity index (χ1v) is 18.9. The molecule has 0 aliphatic carbocycles. The van der Waals surface area contributed by atoms with Crippen LogP contribution in [-0.2, 0) is 66.0 Å². The maximum Gasteiger partial charge on any atom is 0.338 e. The number of nitrogens with one attached hydrogen (secondary N) is 1. The van der Waals surface area contributed by atoms with E-state index in [1.165, 1.54) is 14.2 Å². The lowest BCUT2D eigenvalue weighted by Crippen LogP contribution is -2.55. The largest absolute Gasteiger partial charge is 0.466 e. The zero-order chi connectivity index (χ0) is 43.8. The molecule has 60 heavy (non-hydrogen) atoms. The van der Waals surface area contributed by atoms with E-state index in [4.69, 9.17) is 23.7 Å². The van der Waals surface area contributed by atoms with Gasteiger partial charge in [-0.05, 0) is 60.7 Å². The molecule has 2 heterocycles. The molecule has 22 nitrogen and oxygen atoms in total. The summed E-state index contributed by atoms with van der Waals surface area (Å²) in [5, 5.41) is 10.8. The molecule has 2 aromatic heterocycles. The Kier molecular flexibility index (Phi) is 17.2. The second-order valence-electron chi connectivity index (χ2n) is 13.1. The lowest BCUT2D eigenvalue weighted by atomic mass is 10.0. The van der Waals surface area contributed by atoms with Crippen LogP contribution in [0, 0.1) is 0 Å². The maximum absolute atomic E-state index is 13.0. The van der Waals surface area contributed by atoms with Gasteiger partial charge in [0.25, 0.3) is 0 Å². The Hall–Kier alpha value is -6.68. The predicted molar refractivity (Wildman–Crippen MR) is 209 cm³/mol. The van der Waals surface area contributed by atoms with Gasteiger partial charge >= 0.3 is 58.0 Å². The van der Waals surface area contributed by atoms with E-state index < -0.39 is 97.3 Å². The molecule has 4 aromatic rings. The Morgan fingerprint density at radius 3 is 1.48 bits per heavy atom. The van der Waals surface area contributed by atoms with Crippen molar-refractivity contribution in [2.45, 2.75) is 71.2 Å². The standard InChI is InChI=1S/C38H46N6O16/c1-56-21-16-43-36(53)42(15-18-45)37(54)44(38(43)55)17-22-59-30(47)12-14-41-34(51)39-33(50)40(35(41)52)13-11-29(46)58-19-5-3-4-6-20-60-32(49)28-10-8-25-23-27(31(48)57-2)9-7-26(25)24-28/h7-10,23-24,45H,3-6,11-22H2,1-2H3,(H,39,50,51). The van der Waals surface area contributed by atoms with Crippen molar-refractivity contribution in [1.29, 1.82) is 0 Å². The lowest BCUT2D eigenvalue weighted by molar-refractivity contribution is -0.145. The SMILES string of the molecule is COCCn1c(=O)n(CCO)c(=O)n(CCOC(=O)CCn2c(=O)[nH]c(=O)n(CCC(=O)OCCCCCCOC(=O)c3ccc4cc(C(=O)OC)ccc4c3)c2=O)c1=O. The van der Waals surface area contributed by atoms with Crippen molar-refractivity contribution in [1.82, 2.24) is 27.8 Å². The Morgan fingerprint density at radius 1 is 0.533 bits per heavy atom. The topological polar surface area (TPSA) is 278 Å². The number of nitrogens with zero attached hydrogens (tertiary/aromatic N) is 5. The Balaban J connectivity index is 1.17. The van der Waals surface area contributed by atoms with E-state index in [-0.39, 0.29) is 39.3 Å². The number of carbonyl (C=O) groups excluding carboxylic acids is 4. The van der Waals surface area contributed by atoms with Gasteiger partial charge in [0.05, 0.1) is 77.1 Å². The van der Waals surface area contributed by atoms with Crippen LogP contribution >= 0.6 is 0 Å². The molecule has 0 saturated carbocycles. The van der Waals surface area contributed by atoms with Crippen molar-refractivity contribution in [3.8, 4) is 0 Å². The maximum atomic E-state index is 13.0. The van der Waals surface area contributed by atoms with Crippen molar-refractivity contribution in [2.75, 3.05) is 47.3 Å². The summed E-state index contributed by atoms with van der Waals surface area (Å²) in [6.07, 6.45) is 1.49. The Labute approximate surface area is 339 Å². The van der Waals surface area contributed by atoms with E-state index in [0.29, 0.717) is 55.1 Å². The highest BCUT2D eigenvalue weighted by molar-refractivity contribution is 5.99. The highest BCUT2D eigenvalue weighted by Gasteiger charge is 2.18. The number of carbonyl (C=O) groups is 4. The fourth-order valence-electron chi connectivity index (χ4n) is 5.89. The second-order valence-corrected chi connectivity index (χ2v) is 13.1. The van der Waals surface area contributed by atoms with Crippen molar-refractivity contribution in [3.05, 3.63) is 110 Å². The van der Waals surface area contributed by atoms with Crippen LogP contribution < -0.4 is 34.1 Å². The molecule has 0 bridgehead atoms. The number of hydrogen-bond acceptors (Lipinski definition) is 16. The van der Waals surface area contributed by atoms with Gasteiger partial charge in [-0.1, -0.05) is 12.1 Å². The molecule has 0 aliphatic rings. The number of fused-ring (bicyclic) bond motifs is 1. The minimum Gasteiger partial charge on any atom is -0.466 e. The van der Waals surface area contributed by atoms with Gasteiger partial charge in [-0.2, -0.15) is 0 Å². The fraction of sp³-hybridized carbons (Fsp3) is 0.474. The lowest BCUT2D eigenvalue weighted by Gasteiger charge is -2.13. The first kappa shape index (κ1) is 46.0. The number of ether oxygens (including phenoxy) is 5. The molecule has 4 rings (SSSR count). The normalized spacial score (nSPS) is 11.1. The average Bonchev–Trinajstić information content (AvgIpc) is 3.23. The van der Waals surface area contributed by atoms with Gasteiger partial charge in [0.15, 0.2) is 0 Å².